The van der Waals surface area contributed by atoms with Gasteiger partial charge in [-0.15, -0.1) is 0 Å². The fourth-order valence-corrected chi connectivity index (χ4v) is 3.95. The Labute approximate surface area is 152 Å². The number of sulfonamides is 1. The number of primary sulfonamides is 1. The Morgan fingerprint density at radius 1 is 1.16 bits per heavy atom. The summed E-state index contributed by atoms with van der Waals surface area (Å²) >= 11 is 5.93. The normalized spacial score (nSPS) is 21.6. The summed E-state index contributed by atoms with van der Waals surface area (Å²) in [5, 5.41) is 8.68. The van der Waals surface area contributed by atoms with Crippen LogP contribution in [0.25, 0.3) is 0 Å². The average molecular weight is 379 g/mol. The molecule has 0 saturated heterocycles. The number of hydrogen-bond donors (Lipinski definition) is 2. The highest BCUT2D eigenvalue weighted by Gasteiger charge is 2.59. The Morgan fingerprint density at radius 3 is 2.36 bits per heavy atom. The molecule has 2 unspecified atom stereocenters. The summed E-state index contributed by atoms with van der Waals surface area (Å²) in [7, 11) is -3.71. The van der Waals surface area contributed by atoms with Crippen LogP contribution in [0.15, 0.2) is 53.4 Å². The van der Waals surface area contributed by atoms with E-state index in [1.807, 2.05) is 0 Å². The molecule has 25 heavy (non-hydrogen) atoms. The standard InChI is InChI=1S/C18H19ClN2O3S/c1-18(2)15(11-6-8-14(9-7-11)25(20,23)24)16(18)21-17(22)12-4-3-5-13(19)10-12/h3-10,15-16H,1-2H3,(H,21,22)(H2,20,23,24). The fraction of sp³-hybridized carbons (Fsp3) is 0.278. The van der Waals surface area contributed by atoms with Crippen molar-refractivity contribution in [2.75, 3.05) is 0 Å². The van der Waals surface area contributed by atoms with Gasteiger partial charge in [0.15, 0.2) is 0 Å². The minimum absolute atomic E-state index is 0.0423. The van der Waals surface area contributed by atoms with Crippen molar-refractivity contribution in [1.29, 1.82) is 0 Å². The van der Waals surface area contributed by atoms with Gasteiger partial charge in [0.2, 0.25) is 10.0 Å². The lowest BCUT2D eigenvalue weighted by Crippen LogP contribution is -2.28. The molecule has 5 nitrogen and oxygen atoms in total. The van der Waals surface area contributed by atoms with Crippen LogP contribution in [0.5, 0.6) is 0 Å². The van der Waals surface area contributed by atoms with Crippen LogP contribution in [0.3, 0.4) is 0 Å². The Balaban J connectivity index is 1.77. The van der Waals surface area contributed by atoms with Crippen molar-refractivity contribution in [3.8, 4) is 0 Å². The van der Waals surface area contributed by atoms with Crippen LogP contribution < -0.4 is 10.5 Å². The highest BCUT2D eigenvalue weighted by atomic mass is 35.5. The number of rotatable bonds is 4. The molecular weight excluding hydrogens is 360 g/mol. The van der Waals surface area contributed by atoms with E-state index in [4.69, 9.17) is 16.7 Å². The highest BCUT2D eigenvalue weighted by Crippen LogP contribution is 2.58. The van der Waals surface area contributed by atoms with Crippen LogP contribution in [0.4, 0.5) is 0 Å². The van der Waals surface area contributed by atoms with Gasteiger partial charge < -0.3 is 5.32 Å². The second kappa shape index (κ2) is 6.12. The van der Waals surface area contributed by atoms with E-state index in [-0.39, 0.29) is 28.2 Å². The lowest BCUT2D eigenvalue weighted by Gasteiger charge is -2.06. The molecule has 3 rings (SSSR count). The van der Waals surface area contributed by atoms with Crippen LogP contribution in [-0.2, 0) is 10.0 Å². The van der Waals surface area contributed by atoms with Gasteiger partial charge in [0.25, 0.3) is 5.91 Å². The molecule has 0 spiro atoms. The lowest BCUT2D eigenvalue weighted by molar-refractivity contribution is 0.0946. The number of nitrogens with one attached hydrogen (secondary N) is 1. The Morgan fingerprint density at radius 2 is 1.80 bits per heavy atom. The minimum atomic E-state index is -3.71. The van der Waals surface area contributed by atoms with Gasteiger partial charge >= 0.3 is 0 Å². The summed E-state index contributed by atoms with van der Waals surface area (Å²) in [6.45, 7) is 4.13. The first-order chi connectivity index (χ1) is 11.6. The topological polar surface area (TPSA) is 89.3 Å². The average Bonchev–Trinajstić information content (AvgIpc) is 3.07. The molecule has 1 fully saturated rings. The summed E-state index contributed by atoms with van der Waals surface area (Å²) in [6, 6.07) is 13.2. The zero-order valence-corrected chi connectivity index (χ0v) is 15.4. The summed E-state index contributed by atoms with van der Waals surface area (Å²) in [6.07, 6.45) is 0. The van der Waals surface area contributed by atoms with Crippen LogP contribution in [0.1, 0.15) is 35.7 Å². The highest BCUT2D eigenvalue weighted by molar-refractivity contribution is 7.89. The van der Waals surface area contributed by atoms with Gasteiger partial charge in [-0.2, -0.15) is 0 Å². The number of carbonyl (C=O) groups excluding carboxylic acids is 1. The third kappa shape index (κ3) is 3.56. The van der Waals surface area contributed by atoms with E-state index in [0.29, 0.717) is 10.6 Å². The maximum atomic E-state index is 12.4. The first-order valence-electron chi connectivity index (χ1n) is 7.80. The molecule has 2 atom stereocenters. The zero-order chi connectivity index (χ0) is 18.4. The monoisotopic (exact) mass is 378 g/mol. The van der Waals surface area contributed by atoms with Crippen molar-refractivity contribution in [2.45, 2.75) is 30.7 Å². The summed E-state index contributed by atoms with van der Waals surface area (Å²) in [4.78, 5) is 12.5. The quantitative estimate of drug-likeness (QED) is 0.857. The number of amides is 1. The van der Waals surface area contributed by atoms with Crippen molar-refractivity contribution in [1.82, 2.24) is 5.32 Å². The van der Waals surface area contributed by atoms with Crippen LogP contribution >= 0.6 is 11.6 Å². The molecule has 1 aliphatic rings. The van der Waals surface area contributed by atoms with Crippen molar-refractivity contribution in [2.24, 2.45) is 10.6 Å². The molecule has 0 bridgehead atoms. The Kier molecular flexibility index (Phi) is 4.39. The third-order valence-corrected chi connectivity index (χ3v) is 5.93. The SMILES string of the molecule is CC1(C)C(NC(=O)c2cccc(Cl)c2)C1c1ccc(S(N)(=O)=O)cc1. The van der Waals surface area contributed by atoms with Crippen LogP contribution in [0, 0.1) is 5.41 Å². The first kappa shape index (κ1) is 17.9. The van der Waals surface area contributed by atoms with Gasteiger partial charge in [-0.3, -0.25) is 4.79 Å². The maximum Gasteiger partial charge on any atom is 0.251 e. The van der Waals surface area contributed by atoms with Crippen molar-refractivity contribution in [3.63, 3.8) is 0 Å². The molecule has 0 aliphatic heterocycles. The molecule has 3 N–H and O–H groups in total. The van der Waals surface area contributed by atoms with Crippen molar-refractivity contribution in [3.05, 3.63) is 64.7 Å². The van der Waals surface area contributed by atoms with E-state index in [1.54, 1.807) is 36.4 Å². The number of nitrogens with two attached hydrogens (primary N) is 1. The minimum Gasteiger partial charge on any atom is -0.348 e. The van der Waals surface area contributed by atoms with Crippen LogP contribution in [0.2, 0.25) is 5.02 Å². The van der Waals surface area contributed by atoms with Gasteiger partial charge in [-0.25, -0.2) is 13.6 Å². The van der Waals surface area contributed by atoms with Gasteiger partial charge in [-0.05, 0) is 41.3 Å². The number of hydrogen-bond acceptors (Lipinski definition) is 3. The lowest BCUT2D eigenvalue weighted by atomic mass is 10.0. The van der Waals surface area contributed by atoms with E-state index in [0.717, 1.165) is 5.56 Å². The number of benzene rings is 2. The molecule has 1 aliphatic carbocycles. The number of halogens is 1. The fourth-order valence-electron chi connectivity index (χ4n) is 3.25. The van der Waals surface area contributed by atoms with Crippen molar-refractivity contribution < 1.29 is 13.2 Å². The molecule has 7 heteroatoms. The molecular formula is C18H19ClN2O3S. The van der Waals surface area contributed by atoms with Gasteiger partial charge in [0.05, 0.1) is 4.90 Å². The van der Waals surface area contributed by atoms with E-state index in [9.17, 15) is 13.2 Å². The first-order valence-corrected chi connectivity index (χ1v) is 9.72. The van der Waals surface area contributed by atoms with Crippen LogP contribution in [-0.4, -0.2) is 20.4 Å². The molecule has 2 aromatic carbocycles. The maximum absolute atomic E-state index is 12.4. The van der Waals surface area contributed by atoms with E-state index in [1.165, 1.54) is 12.1 Å². The van der Waals surface area contributed by atoms with Gasteiger partial charge in [0, 0.05) is 22.5 Å². The molecule has 0 aromatic heterocycles. The summed E-state index contributed by atoms with van der Waals surface area (Å²) < 4.78 is 22.7. The largest absolute Gasteiger partial charge is 0.348 e. The van der Waals surface area contributed by atoms with Gasteiger partial charge in [0.1, 0.15) is 0 Å². The Bertz CT molecular complexity index is 924. The molecule has 2 aromatic rings. The molecule has 1 amide bonds. The van der Waals surface area contributed by atoms with Gasteiger partial charge in [-0.1, -0.05) is 43.6 Å². The molecule has 0 heterocycles. The molecule has 1 saturated carbocycles. The summed E-state index contributed by atoms with van der Waals surface area (Å²) in [5.74, 6) is -0.0746. The second-order valence-corrected chi connectivity index (χ2v) is 8.87. The molecule has 0 radical (unpaired) electrons. The van der Waals surface area contributed by atoms with Crippen molar-refractivity contribution >= 4 is 27.5 Å². The predicted octanol–water partition coefficient (Wildman–Crippen LogP) is 2.91. The Hall–Kier alpha value is -1.89. The number of carbonyl (C=O) groups is 1. The molecule has 132 valence electrons. The zero-order valence-electron chi connectivity index (χ0n) is 13.9. The van der Waals surface area contributed by atoms with E-state index >= 15 is 0 Å². The second-order valence-electron chi connectivity index (χ2n) is 6.87. The predicted molar refractivity (Wildman–Crippen MR) is 97.0 cm³/mol. The third-order valence-electron chi connectivity index (χ3n) is 4.77. The van der Waals surface area contributed by atoms with E-state index < -0.39 is 10.0 Å². The summed E-state index contributed by atoms with van der Waals surface area (Å²) in [5.41, 5.74) is 1.35. The smallest absolute Gasteiger partial charge is 0.251 e. The van der Waals surface area contributed by atoms with E-state index in [2.05, 4.69) is 19.2 Å².